The molecule has 12 heteroatoms. The first kappa shape index (κ1) is 23.6. The lowest BCUT2D eigenvalue weighted by atomic mass is 10.0. The van der Waals surface area contributed by atoms with Gasteiger partial charge in [-0.15, -0.1) is 0 Å². The van der Waals surface area contributed by atoms with Crippen molar-refractivity contribution < 1.29 is 18.4 Å². The molecule has 2 amide bonds. The fourth-order valence-corrected chi connectivity index (χ4v) is 4.05. The molecule has 10 nitrogen and oxygen atoms in total. The lowest BCUT2D eigenvalue weighted by molar-refractivity contribution is 0.0995. The van der Waals surface area contributed by atoms with Crippen LogP contribution in [0.2, 0.25) is 0 Å². The third kappa shape index (κ3) is 4.03. The van der Waals surface area contributed by atoms with E-state index < -0.39 is 23.4 Å². The molecule has 5 aromatic rings. The maximum Gasteiger partial charge on any atom is 0.350 e. The molecule has 0 radical (unpaired) electrons. The zero-order valence-corrected chi connectivity index (χ0v) is 19.6. The number of benzene rings is 3. The van der Waals surface area contributed by atoms with Crippen LogP contribution in [-0.2, 0) is 14.1 Å². The van der Waals surface area contributed by atoms with E-state index >= 15 is 8.78 Å². The minimum Gasteiger partial charge on any atom is -0.366 e. The lowest BCUT2D eigenvalue weighted by Gasteiger charge is -2.09. The summed E-state index contributed by atoms with van der Waals surface area (Å²) in [5.41, 5.74) is 5.46. The Hall–Kier alpha value is -5.13. The van der Waals surface area contributed by atoms with Crippen molar-refractivity contribution in [3.63, 3.8) is 0 Å². The molecule has 37 heavy (non-hydrogen) atoms. The molecule has 0 aliphatic heterocycles. The van der Waals surface area contributed by atoms with Gasteiger partial charge < -0.3 is 11.1 Å². The van der Waals surface area contributed by atoms with Gasteiger partial charge >= 0.3 is 5.69 Å². The molecule has 3 aromatic carbocycles. The highest BCUT2D eigenvalue weighted by Crippen LogP contribution is 2.34. The first-order chi connectivity index (χ1) is 17.7. The molecular weight excluding hydrogens is 484 g/mol. The number of primary amides is 1. The standard InChI is InChI=1S/C25H19F2N7O3/c1-32-18-11-17(26)19(13-6-8-16(9-7-13)34-12-29-33(2)25(34)37)21(27)20(18)22(31-32)24(36)30-15-5-3-4-14(10-15)23(28)35/h3-12H,1-2H3,(H2,28,35)(H,30,36). The van der Waals surface area contributed by atoms with Gasteiger partial charge in [-0.3, -0.25) is 14.3 Å². The Labute approximate surface area is 207 Å². The van der Waals surface area contributed by atoms with Crippen molar-refractivity contribution >= 4 is 28.4 Å². The molecule has 3 N–H and O–H groups in total. The van der Waals surface area contributed by atoms with E-state index in [2.05, 4.69) is 15.5 Å². The van der Waals surface area contributed by atoms with Gasteiger partial charge in [0.15, 0.2) is 5.69 Å². The SMILES string of the molecule is Cn1ncn(-c2ccc(-c3c(F)cc4c(c(C(=O)Nc5cccc(C(N)=O)c5)nn4C)c3F)cc2)c1=O. The summed E-state index contributed by atoms with van der Waals surface area (Å²) in [4.78, 5) is 36.6. The van der Waals surface area contributed by atoms with Crippen LogP contribution < -0.4 is 16.7 Å². The predicted octanol–water partition coefficient (Wildman–Crippen LogP) is 2.75. The van der Waals surface area contributed by atoms with E-state index in [1.54, 1.807) is 0 Å². The minimum atomic E-state index is -0.967. The highest BCUT2D eigenvalue weighted by molar-refractivity contribution is 6.12. The Morgan fingerprint density at radius 3 is 2.38 bits per heavy atom. The molecule has 2 heterocycles. The lowest BCUT2D eigenvalue weighted by Crippen LogP contribution is -2.21. The van der Waals surface area contributed by atoms with Crippen LogP contribution in [0.15, 0.2) is 65.7 Å². The van der Waals surface area contributed by atoms with Crippen LogP contribution in [0.5, 0.6) is 0 Å². The van der Waals surface area contributed by atoms with E-state index in [4.69, 9.17) is 5.73 Å². The van der Waals surface area contributed by atoms with E-state index in [0.29, 0.717) is 5.69 Å². The zero-order chi connectivity index (χ0) is 26.4. The monoisotopic (exact) mass is 503 g/mol. The number of anilines is 1. The normalized spacial score (nSPS) is 11.1. The van der Waals surface area contributed by atoms with Gasteiger partial charge in [0.1, 0.15) is 18.0 Å². The Morgan fingerprint density at radius 2 is 1.73 bits per heavy atom. The van der Waals surface area contributed by atoms with Crippen molar-refractivity contribution in [2.24, 2.45) is 19.8 Å². The minimum absolute atomic E-state index is 0.0771. The summed E-state index contributed by atoms with van der Waals surface area (Å²) < 4.78 is 34.6. The van der Waals surface area contributed by atoms with Gasteiger partial charge in [-0.1, -0.05) is 18.2 Å². The molecule has 0 spiro atoms. The second-order valence-electron chi connectivity index (χ2n) is 8.27. The van der Waals surface area contributed by atoms with Crippen LogP contribution >= 0.6 is 0 Å². The smallest absolute Gasteiger partial charge is 0.350 e. The molecule has 0 saturated carbocycles. The number of nitrogens with two attached hydrogens (primary N) is 1. The topological polar surface area (TPSA) is 130 Å². The van der Waals surface area contributed by atoms with Gasteiger partial charge in [0.25, 0.3) is 5.91 Å². The van der Waals surface area contributed by atoms with Gasteiger partial charge in [-0.2, -0.15) is 10.2 Å². The summed E-state index contributed by atoms with van der Waals surface area (Å²) in [5.74, 6) is -3.24. The molecule has 0 fully saturated rings. The molecule has 0 bridgehead atoms. The number of amides is 2. The number of fused-ring (bicyclic) bond motifs is 1. The number of hydrogen-bond donors (Lipinski definition) is 2. The number of carbonyl (C=O) groups excluding carboxylic acids is 2. The van der Waals surface area contributed by atoms with Crippen molar-refractivity contribution in [2.45, 2.75) is 0 Å². The number of nitrogens with one attached hydrogen (secondary N) is 1. The van der Waals surface area contributed by atoms with E-state index in [1.165, 1.54) is 78.2 Å². The molecule has 186 valence electrons. The van der Waals surface area contributed by atoms with Gasteiger partial charge in [0.05, 0.1) is 22.2 Å². The highest BCUT2D eigenvalue weighted by atomic mass is 19.1. The maximum atomic E-state index is 15.8. The van der Waals surface area contributed by atoms with Gasteiger partial charge in [0, 0.05) is 31.4 Å². The Balaban J connectivity index is 1.57. The number of hydrogen-bond acceptors (Lipinski definition) is 5. The fraction of sp³-hybridized carbons (Fsp3) is 0.0800. The van der Waals surface area contributed by atoms with E-state index in [9.17, 15) is 14.4 Å². The highest BCUT2D eigenvalue weighted by Gasteiger charge is 2.25. The second kappa shape index (κ2) is 8.82. The number of halogens is 2. The summed E-state index contributed by atoms with van der Waals surface area (Å²) in [6.45, 7) is 0. The largest absolute Gasteiger partial charge is 0.366 e. The van der Waals surface area contributed by atoms with E-state index in [1.807, 2.05) is 0 Å². The van der Waals surface area contributed by atoms with Gasteiger partial charge in [-0.25, -0.2) is 22.8 Å². The van der Waals surface area contributed by atoms with Crippen molar-refractivity contribution in [3.05, 3.63) is 94.3 Å². The van der Waals surface area contributed by atoms with E-state index in [-0.39, 0.29) is 44.7 Å². The summed E-state index contributed by atoms with van der Waals surface area (Å²) in [6.07, 6.45) is 1.34. The average molecular weight is 503 g/mol. The summed E-state index contributed by atoms with van der Waals surface area (Å²) in [6, 6.07) is 13.0. The number of carbonyl (C=O) groups is 2. The summed E-state index contributed by atoms with van der Waals surface area (Å²) >= 11 is 0. The van der Waals surface area contributed by atoms with Crippen LogP contribution in [0.3, 0.4) is 0 Å². The maximum absolute atomic E-state index is 15.8. The Morgan fingerprint density at radius 1 is 1.00 bits per heavy atom. The summed E-state index contributed by atoms with van der Waals surface area (Å²) in [7, 11) is 2.97. The molecule has 0 aliphatic rings. The number of rotatable bonds is 5. The predicted molar refractivity (Wildman–Crippen MR) is 131 cm³/mol. The van der Waals surface area contributed by atoms with Crippen molar-refractivity contribution in [3.8, 4) is 16.8 Å². The average Bonchev–Trinajstić information content (AvgIpc) is 3.38. The third-order valence-corrected chi connectivity index (χ3v) is 5.91. The van der Waals surface area contributed by atoms with E-state index in [0.717, 1.165) is 10.7 Å². The van der Waals surface area contributed by atoms with Crippen LogP contribution in [-0.4, -0.2) is 35.9 Å². The zero-order valence-electron chi connectivity index (χ0n) is 19.6. The first-order valence-corrected chi connectivity index (χ1v) is 10.9. The number of nitrogens with zero attached hydrogens (tertiary/aromatic N) is 5. The second-order valence-corrected chi connectivity index (χ2v) is 8.27. The van der Waals surface area contributed by atoms with Crippen LogP contribution in [0, 0.1) is 11.6 Å². The van der Waals surface area contributed by atoms with Crippen LogP contribution in [0.1, 0.15) is 20.8 Å². The quantitative estimate of drug-likeness (QED) is 0.381. The van der Waals surface area contributed by atoms with Crippen molar-refractivity contribution in [2.75, 3.05) is 5.32 Å². The molecular formula is C25H19F2N7O3. The Kier molecular flexibility index (Phi) is 5.63. The number of aryl methyl sites for hydroxylation is 2. The molecule has 2 aromatic heterocycles. The molecule has 0 saturated heterocycles. The van der Waals surface area contributed by atoms with Crippen molar-refractivity contribution in [1.29, 1.82) is 0 Å². The van der Waals surface area contributed by atoms with Crippen molar-refractivity contribution in [1.82, 2.24) is 24.1 Å². The molecule has 0 unspecified atom stereocenters. The third-order valence-electron chi connectivity index (χ3n) is 5.91. The Bertz CT molecular complexity index is 1770. The van der Waals surface area contributed by atoms with Crippen LogP contribution in [0.25, 0.3) is 27.7 Å². The van der Waals surface area contributed by atoms with Crippen LogP contribution in [0.4, 0.5) is 14.5 Å². The fourth-order valence-electron chi connectivity index (χ4n) is 4.05. The summed E-state index contributed by atoms with van der Waals surface area (Å²) in [5, 5.41) is 10.4. The molecule has 0 atom stereocenters. The number of aromatic nitrogens is 5. The molecule has 5 rings (SSSR count). The van der Waals surface area contributed by atoms with Gasteiger partial charge in [-0.05, 0) is 35.9 Å². The molecule has 0 aliphatic carbocycles. The first-order valence-electron chi connectivity index (χ1n) is 10.9. The van der Waals surface area contributed by atoms with Gasteiger partial charge in [0.2, 0.25) is 5.91 Å².